The molecule has 2 heterocycles. The molecule has 1 aromatic rings. The molecule has 0 bridgehead atoms. The quantitative estimate of drug-likeness (QED) is 0.651. The van der Waals surface area contributed by atoms with Crippen molar-refractivity contribution in [3.63, 3.8) is 0 Å². The van der Waals surface area contributed by atoms with Gasteiger partial charge in [-0.05, 0) is 59.7 Å². The highest BCUT2D eigenvalue weighted by molar-refractivity contribution is 14.1. The summed E-state index contributed by atoms with van der Waals surface area (Å²) >= 11 is 2.26. The van der Waals surface area contributed by atoms with Crippen LogP contribution in [0.15, 0.2) is 24.3 Å². The summed E-state index contributed by atoms with van der Waals surface area (Å²) in [6.45, 7) is 0.685. The summed E-state index contributed by atoms with van der Waals surface area (Å²) in [6.07, 6.45) is 1.61. The van der Waals surface area contributed by atoms with Crippen molar-refractivity contribution in [1.82, 2.24) is 0 Å². The van der Waals surface area contributed by atoms with E-state index in [-0.39, 0.29) is 24.2 Å². The van der Waals surface area contributed by atoms with E-state index in [1.165, 1.54) is 3.57 Å². The molecule has 2 fully saturated rings. The molecule has 0 aromatic heterocycles. The van der Waals surface area contributed by atoms with E-state index in [0.717, 1.165) is 18.5 Å². The molecule has 4 nitrogen and oxygen atoms in total. The van der Waals surface area contributed by atoms with Gasteiger partial charge >= 0.3 is 5.97 Å². The summed E-state index contributed by atoms with van der Waals surface area (Å²) in [4.78, 5) is 11.8. The first kappa shape index (κ1) is 12.2. The molecule has 0 radical (unpaired) electrons. The number of nitrogens with one attached hydrogen (secondary N) is 1. The maximum absolute atomic E-state index is 11.8. The zero-order chi connectivity index (χ0) is 12.5. The fraction of sp³-hybridized carbons (Fsp3) is 0.462. The number of hydrogen-bond donors (Lipinski definition) is 1. The predicted molar refractivity (Wildman–Crippen MR) is 75.1 cm³/mol. The zero-order valence-corrected chi connectivity index (χ0v) is 11.9. The van der Waals surface area contributed by atoms with Gasteiger partial charge in [-0.3, -0.25) is 0 Å². The second-order valence-electron chi connectivity index (χ2n) is 4.61. The normalized spacial score (nSPS) is 30.7. The number of benzene rings is 1. The van der Waals surface area contributed by atoms with Crippen molar-refractivity contribution in [2.45, 2.75) is 25.2 Å². The van der Waals surface area contributed by atoms with Crippen LogP contribution >= 0.6 is 22.6 Å². The topological polar surface area (TPSA) is 47.6 Å². The molecule has 96 valence electrons. The Morgan fingerprint density at radius 3 is 2.83 bits per heavy atom. The van der Waals surface area contributed by atoms with Gasteiger partial charge in [0.15, 0.2) is 0 Å². The molecule has 0 aliphatic carbocycles. The van der Waals surface area contributed by atoms with Gasteiger partial charge in [0.05, 0.1) is 12.5 Å². The number of rotatable bonds is 2. The van der Waals surface area contributed by atoms with Crippen molar-refractivity contribution in [1.29, 1.82) is 0 Å². The second kappa shape index (κ2) is 5.05. The van der Waals surface area contributed by atoms with E-state index >= 15 is 0 Å². The van der Waals surface area contributed by atoms with Crippen LogP contribution in [-0.2, 0) is 14.3 Å². The van der Waals surface area contributed by atoms with Crippen LogP contribution in [-0.4, -0.2) is 24.9 Å². The SMILES string of the molecule is O=C1O[C@@H]2OCCC[C@H]2[C@@H]1Nc1ccc(I)cc1. The Bertz CT molecular complexity index is 448. The number of hydrogen-bond acceptors (Lipinski definition) is 4. The minimum Gasteiger partial charge on any atom is -0.434 e. The smallest absolute Gasteiger partial charge is 0.331 e. The van der Waals surface area contributed by atoms with Crippen molar-refractivity contribution in [3.8, 4) is 0 Å². The van der Waals surface area contributed by atoms with Crippen LogP contribution in [0.4, 0.5) is 5.69 Å². The number of esters is 1. The number of halogens is 1. The highest BCUT2D eigenvalue weighted by Crippen LogP contribution is 2.33. The van der Waals surface area contributed by atoms with Crippen molar-refractivity contribution < 1.29 is 14.3 Å². The summed E-state index contributed by atoms with van der Waals surface area (Å²) in [5.74, 6) is -0.0732. The third kappa shape index (κ3) is 2.33. The summed E-state index contributed by atoms with van der Waals surface area (Å²) in [6, 6.07) is 7.70. The van der Waals surface area contributed by atoms with Crippen LogP contribution in [0, 0.1) is 9.49 Å². The van der Waals surface area contributed by atoms with E-state index in [2.05, 4.69) is 27.9 Å². The van der Waals surface area contributed by atoms with Gasteiger partial charge in [0.2, 0.25) is 6.29 Å². The lowest BCUT2D eigenvalue weighted by Crippen LogP contribution is -2.36. The maximum Gasteiger partial charge on any atom is 0.331 e. The second-order valence-corrected chi connectivity index (χ2v) is 5.86. The third-order valence-corrected chi connectivity index (χ3v) is 4.11. The van der Waals surface area contributed by atoms with Gasteiger partial charge < -0.3 is 14.8 Å². The van der Waals surface area contributed by atoms with Crippen LogP contribution < -0.4 is 5.32 Å². The average molecular weight is 359 g/mol. The highest BCUT2D eigenvalue weighted by atomic mass is 127. The molecule has 2 aliphatic rings. The van der Waals surface area contributed by atoms with E-state index in [0.29, 0.717) is 6.61 Å². The first-order chi connectivity index (χ1) is 8.74. The summed E-state index contributed by atoms with van der Waals surface area (Å²) in [7, 11) is 0. The molecule has 5 heteroatoms. The van der Waals surface area contributed by atoms with E-state index in [9.17, 15) is 4.79 Å². The van der Waals surface area contributed by atoms with Gasteiger partial charge in [0.1, 0.15) is 6.04 Å². The van der Waals surface area contributed by atoms with Crippen molar-refractivity contribution in [3.05, 3.63) is 27.8 Å². The Hall–Kier alpha value is -0.820. The van der Waals surface area contributed by atoms with Gasteiger partial charge in [-0.25, -0.2) is 4.79 Å². The van der Waals surface area contributed by atoms with Gasteiger partial charge in [-0.2, -0.15) is 0 Å². The Labute approximate surface area is 119 Å². The molecular weight excluding hydrogens is 345 g/mol. The molecule has 3 rings (SSSR count). The molecule has 3 atom stereocenters. The first-order valence-corrected chi connectivity index (χ1v) is 7.16. The Balaban J connectivity index is 1.75. The molecule has 1 N–H and O–H groups in total. The van der Waals surface area contributed by atoms with Crippen LogP contribution in [0.1, 0.15) is 12.8 Å². The van der Waals surface area contributed by atoms with Crippen LogP contribution in [0.5, 0.6) is 0 Å². The fourth-order valence-corrected chi connectivity index (χ4v) is 2.84. The molecule has 18 heavy (non-hydrogen) atoms. The molecule has 2 aliphatic heterocycles. The van der Waals surface area contributed by atoms with E-state index < -0.39 is 0 Å². The van der Waals surface area contributed by atoms with E-state index in [4.69, 9.17) is 9.47 Å². The molecule has 0 amide bonds. The third-order valence-electron chi connectivity index (χ3n) is 3.39. The summed E-state index contributed by atoms with van der Waals surface area (Å²) in [5.41, 5.74) is 0.948. The number of ether oxygens (including phenoxy) is 2. The number of anilines is 1. The number of fused-ring (bicyclic) bond motifs is 1. The standard InChI is InChI=1S/C13H14INO3/c14-8-3-5-9(6-4-8)15-11-10-2-1-7-17-13(10)18-12(11)16/h3-6,10-11,13,15H,1-2,7H2/t10-,11-,13-/m0/s1. The first-order valence-electron chi connectivity index (χ1n) is 6.08. The Morgan fingerprint density at radius 2 is 2.06 bits per heavy atom. The Morgan fingerprint density at radius 1 is 1.28 bits per heavy atom. The minimum atomic E-state index is -0.354. The fourth-order valence-electron chi connectivity index (χ4n) is 2.48. The molecule has 0 unspecified atom stereocenters. The minimum absolute atomic E-state index is 0.130. The van der Waals surface area contributed by atoms with Crippen LogP contribution in [0.3, 0.4) is 0 Å². The number of carbonyl (C=O) groups is 1. The Kier molecular flexibility index (Phi) is 3.43. The van der Waals surface area contributed by atoms with Gasteiger partial charge in [-0.1, -0.05) is 0 Å². The lowest BCUT2D eigenvalue weighted by Gasteiger charge is -2.26. The molecule has 0 saturated carbocycles. The lowest BCUT2D eigenvalue weighted by molar-refractivity contribution is -0.174. The zero-order valence-electron chi connectivity index (χ0n) is 9.77. The number of carbonyl (C=O) groups excluding carboxylic acids is 1. The summed E-state index contributed by atoms with van der Waals surface area (Å²) < 4.78 is 11.9. The van der Waals surface area contributed by atoms with Crippen LogP contribution in [0.2, 0.25) is 0 Å². The summed E-state index contributed by atoms with van der Waals surface area (Å²) in [5, 5.41) is 3.26. The maximum atomic E-state index is 11.8. The monoisotopic (exact) mass is 359 g/mol. The van der Waals surface area contributed by atoms with Gasteiger partial charge in [-0.15, -0.1) is 0 Å². The van der Waals surface area contributed by atoms with Gasteiger partial charge in [0.25, 0.3) is 0 Å². The molecular formula is C13H14INO3. The van der Waals surface area contributed by atoms with E-state index in [1.54, 1.807) is 0 Å². The molecule has 2 saturated heterocycles. The van der Waals surface area contributed by atoms with Crippen LogP contribution in [0.25, 0.3) is 0 Å². The largest absolute Gasteiger partial charge is 0.434 e. The van der Waals surface area contributed by atoms with Crippen molar-refractivity contribution in [2.75, 3.05) is 11.9 Å². The molecule has 1 aromatic carbocycles. The predicted octanol–water partition coefficient (Wildman–Crippen LogP) is 2.38. The van der Waals surface area contributed by atoms with Crippen molar-refractivity contribution >= 4 is 34.2 Å². The average Bonchev–Trinajstić information content (AvgIpc) is 2.69. The molecule has 0 spiro atoms. The highest BCUT2D eigenvalue weighted by Gasteiger charge is 2.46. The lowest BCUT2D eigenvalue weighted by atomic mass is 9.94. The van der Waals surface area contributed by atoms with Gasteiger partial charge in [0, 0.05) is 9.26 Å². The van der Waals surface area contributed by atoms with Crippen molar-refractivity contribution in [2.24, 2.45) is 5.92 Å². The van der Waals surface area contributed by atoms with E-state index in [1.807, 2.05) is 24.3 Å².